The van der Waals surface area contributed by atoms with Crippen molar-refractivity contribution in [3.63, 3.8) is 0 Å². The van der Waals surface area contributed by atoms with E-state index in [1.807, 2.05) is 18.2 Å². The molecule has 1 amide bonds. The van der Waals surface area contributed by atoms with Gasteiger partial charge in [0.2, 0.25) is 5.91 Å². The lowest BCUT2D eigenvalue weighted by Gasteiger charge is -2.22. The summed E-state index contributed by atoms with van der Waals surface area (Å²) in [5, 5.41) is 11.7. The van der Waals surface area contributed by atoms with E-state index in [0.29, 0.717) is 29.2 Å². The summed E-state index contributed by atoms with van der Waals surface area (Å²) in [6, 6.07) is 7.24. The van der Waals surface area contributed by atoms with Crippen molar-refractivity contribution in [3.8, 4) is 5.75 Å². The van der Waals surface area contributed by atoms with E-state index < -0.39 is 0 Å². The Morgan fingerprint density at radius 2 is 2.07 bits per heavy atom. The summed E-state index contributed by atoms with van der Waals surface area (Å²) in [5.41, 5.74) is 7.59. The van der Waals surface area contributed by atoms with Crippen molar-refractivity contribution in [2.75, 3.05) is 30.3 Å². The molecule has 1 aromatic heterocycles. The first kappa shape index (κ1) is 18.8. The number of hydrogen-bond donors (Lipinski definition) is 3. The highest BCUT2D eigenvalue weighted by Crippen LogP contribution is 2.40. The summed E-state index contributed by atoms with van der Waals surface area (Å²) in [5.74, 6) is 1.59. The Bertz CT molecular complexity index is 1030. The normalized spacial score (nSPS) is 24.2. The summed E-state index contributed by atoms with van der Waals surface area (Å²) in [7, 11) is 0. The fraction of sp³-hybridized carbons (Fsp3) is 0.455. The molecule has 1 atom stereocenters. The van der Waals surface area contributed by atoms with E-state index in [9.17, 15) is 4.79 Å². The van der Waals surface area contributed by atoms with Crippen molar-refractivity contribution in [3.05, 3.63) is 41.9 Å². The fourth-order valence-corrected chi connectivity index (χ4v) is 4.35. The zero-order valence-electron chi connectivity index (χ0n) is 17.1. The van der Waals surface area contributed by atoms with E-state index in [0.717, 1.165) is 44.6 Å². The quantitative estimate of drug-likeness (QED) is 0.517. The van der Waals surface area contributed by atoms with Gasteiger partial charge < -0.3 is 20.7 Å². The van der Waals surface area contributed by atoms with Crippen molar-refractivity contribution < 1.29 is 9.53 Å². The lowest BCUT2D eigenvalue weighted by atomic mass is 9.86. The van der Waals surface area contributed by atoms with Crippen LogP contribution >= 0.6 is 0 Å². The van der Waals surface area contributed by atoms with Gasteiger partial charge in [0.05, 0.1) is 16.8 Å². The molecule has 8 nitrogen and oxygen atoms in total. The largest absolute Gasteiger partial charge is 0.488 e. The van der Waals surface area contributed by atoms with Crippen LogP contribution < -0.4 is 20.7 Å². The number of ether oxygens (including phenoxy) is 1. The van der Waals surface area contributed by atoms with Crippen LogP contribution in [0.2, 0.25) is 0 Å². The van der Waals surface area contributed by atoms with E-state index in [4.69, 9.17) is 15.9 Å². The van der Waals surface area contributed by atoms with E-state index in [2.05, 4.69) is 27.1 Å². The Balaban J connectivity index is 1.38. The molecule has 1 spiro atoms. The maximum Gasteiger partial charge on any atom is 0.228 e. The second-order valence-electron chi connectivity index (χ2n) is 8.90. The molecule has 2 aromatic rings. The van der Waals surface area contributed by atoms with Gasteiger partial charge in [-0.1, -0.05) is 0 Å². The average Bonchev–Trinajstić information content (AvgIpc) is 3.15. The van der Waals surface area contributed by atoms with Crippen LogP contribution in [0.15, 0.2) is 30.6 Å². The molecule has 1 saturated carbocycles. The van der Waals surface area contributed by atoms with Crippen molar-refractivity contribution in [1.29, 1.82) is 5.41 Å². The van der Waals surface area contributed by atoms with Gasteiger partial charge in [-0.2, -0.15) is 0 Å². The summed E-state index contributed by atoms with van der Waals surface area (Å²) in [6.07, 6.45) is 5.23. The smallest absolute Gasteiger partial charge is 0.228 e. The molecule has 1 unspecified atom stereocenters. The number of amides is 1. The van der Waals surface area contributed by atoms with Gasteiger partial charge in [0, 0.05) is 37.0 Å². The zero-order chi connectivity index (χ0) is 20.9. The number of carbonyl (C=O) groups is 1. The lowest BCUT2D eigenvalue weighted by Crippen LogP contribution is -2.34. The van der Waals surface area contributed by atoms with Crippen LogP contribution in [-0.4, -0.2) is 46.8 Å². The van der Waals surface area contributed by atoms with Crippen LogP contribution in [0.3, 0.4) is 0 Å². The Morgan fingerprint density at radius 1 is 1.23 bits per heavy atom. The third-order valence-corrected chi connectivity index (χ3v) is 6.57. The van der Waals surface area contributed by atoms with Crippen molar-refractivity contribution in [1.82, 2.24) is 15.3 Å². The van der Waals surface area contributed by atoms with E-state index in [-0.39, 0.29) is 22.6 Å². The number of nitrogens with zero attached hydrogens (tertiary/aromatic N) is 3. The molecule has 2 aliphatic heterocycles. The van der Waals surface area contributed by atoms with Crippen LogP contribution in [0.1, 0.15) is 43.9 Å². The molecule has 4 N–H and O–H groups in total. The topological polar surface area (TPSA) is 117 Å². The molecule has 3 heterocycles. The number of nitrogens with one attached hydrogen (secondary N) is 2. The highest BCUT2D eigenvalue weighted by atomic mass is 16.5. The molecule has 2 saturated heterocycles. The average molecular weight is 406 g/mol. The number of hydrogen-bond acceptors (Lipinski definition) is 7. The van der Waals surface area contributed by atoms with Crippen molar-refractivity contribution >= 4 is 23.1 Å². The van der Waals surface area contributed by atoms with Crippen molar-refractivity contribution in [2.45, 2.75) is 38.2 Å². The predicted molar refractivity (Wildman–Crippen MR) is 114 cm³/mol. The number of rotatable bonds is 5. The van der Waals surface area contributed by atoms with Gasteiger partial charge in [-0.15, -0.1) is 0 Å². The van der Waals surface area contributed by atoms with Gasteiger partial charge in [0.25, 0.3) is 0 Å². The molecule has 3 fully saturated rings. The maximum atomic E-state index is 12.3. The lowest BCUT2D eigenvalue weighted by molar-refractivity contribution is -0.126. The number of nitrogens with two attached hydrogens (primary N) is 1. The second kappa shape index (κ2) is 6.68. The monoisotopic (exact) mass is 406 g/mol. The van der Waals surface area contributed by atoms with Crippen LogP contribution in [0.5, 0.6) is 5.75 Å². The Morgan fingerprint density at radius 3 is 2.80 bits per heavy atom. The van der Waals surface area contributed by atoms with Crippen LogP contribution in [0.4, 0.5) is 11.5 Å². The summed E-state index contributed by atoms with van der Waals surface area (Å²) in [4.78, 5) is 23.1. The zero-order valence-corrected chi connectivity index (χ0v) is 17.1. The Kier molecular flexibility index (Phi) is 4.20. The molecule has 5 rings (SSSR count). The van der Waals surface area contributed by atoms with Gasteiger partial charge in [-0.05, 0) is 50.8 Å². The molecule has 3 aliphatic rings. The SMILES string of the molecule is CC1(Oc2ccc(N)c(C(=N)c3cc(N4CCC5(CCNC5=O)C4)ncn3)c2)CC1. The van der Waals surface area contributed by atoms with Crippen molar-refractivity contribution in [2.24, 2.45) is 5.41 Å². The molecule has 8 heteroatoms. The number of anilines is 2. The minimum atomic E-state index is -0.312. The number of carbonyl (C=O) groups excluding carboxylic acids is 1. The third-order valence-electron chi connectivity index (χ3n) is 6.57. The highest BCUT2D eigenvalue weighted by molar-refractivity contribution is 6.13. The first-order valence-electron chi connectivity index (χ1n) is 10.4. The summed E-state index contributed by atoms with van der Waals surface area (Å²) in [6.45, 7) is 4.23. The number of aromatic nitrogens is 2. The minimum Gasteiger partial charge on any atom is -0.488 e. The highest BCUT2D eigenvalue weighted by Gasteiger charge is 2.47. The molecular formula is C22H26N6O2. The van der Waals surface area contributed by atoms with Gasteiger partial charge >= 0.3 is 0 Å². The number of nitrogen functional groups attached to an aromatic ring is 1. The molecule has 156 valence electrons. The Hall–Kier alpha value is -3.16. The first-order valence-corrected chi connectivity index (χ1v) is 10.4. The first-order chi connectivity index (χ1) is 14.4. The molecular weight excluding hydrogens is 380 g/mol. The summed E-state index contributed by atoms with van der Waals surface area (Å²) < 4.78 is 6.03. The second-order valence-corrected chi connectivity index (χ2v) is 8.90. The molecule has 30 heavy (non-hydrogen) atoms. The van der Waals surface area contributed by atoms with Crippen LogP contribution in [0.25, 0.3) is 0 Å². The van der Waals surface area contributed by atoms with E-state index in [1.54, 1.807) is 6.07 Å². The maximum absolute atomic E-state index is 12.3. The Labute approximate surface area is 175 Å². The van der Waals surface area contributed by atoms with Crippen LogP contribution in [0, 0.1) is 10.8 Å². The van der Waals surface area contributed by atoms with Gasteiger partial charge in [0.15, 0.2) is 0 Å². The minimum absolute atomic E-state index is 0.101. The van der Waals surface area contributed by atoms with E-state index >= 15 is 0 Å². The van der Waals surface area contributed by atoms with Gasteiger partial charge in [-0.3, -0.25) is 10.2 Å². The third kappa shape index (κ3) is 3.26. The van der Waals surface area contributed by atoms with Gasteiger partial charge in [0.1, 0.15) is 23.5 Å². The number of benzene rings is 1. The molecule has 1 aliphatic carbocycles. The summed E-state index contributed by atoms with van der Waals surface area (Å²) >= 11 is 0. The molecule has 0 bridgehead atoms. The molecule has 0 radical (unpaired) electrons. The van der Waals surface area contributed by atoms with E-state index in [1.165, 1.54) is 6.33 Å². The van der Waals surface area contributed by atoms with Crippen LogP contribution in [-0.2, 0) is 4.79 Å². The predicted octanol–water partition coefficient (Wildman–Crippen LogP) is 2.12. The van der Waals surface area contributed by atoms with Gasteiger partial charge in [-0.25, -0.2) is 9.97 Å². The standard InChI is InChI=1S/C22H26N6O2/c1-21(4-5-21)30-14-2-3-16(23)15(10-14)19(24)17-11-18(27-13-26-17)28-9-7-22(12-28)6-8-25-20(22)29/h2-3,10-11,13,24H,4-9,12,23H2,1H3,(H,25,29). The fourth-order valence-electron chi connectivity index (χ4n) is 4.35. The molecule has 1 aromatic carbocycles.